The van der Waals surface area contributed by atoms with Crippen molar-refractivity contribution in [3.05, 3.63) is 70.9 Å². The van der Waals surface area contributed by atoms with Crippen molar-refractivity contribution in [1.82, 2.24) is 14.8 Å². The summed E-state index contributed by atoms with van der Waals surface area (Å²) >= 11 is 0. The molecule has 1 amide bonds. The standard InChI is InChI=1S/C18H13N5O4/c24-17(11-22-10-9-16(21-22)23(25)26)19-13-7-5-12(6-8-13)18-20-14-3-1-2-4-15(14)27-18/h1-10H,11H2,(H,19,24). The van der Waals surface area contributed by atoms with E-state index in [2.05, 4.69) is 15.4 Å². The Hall–Kier alpha value is -4.01. The number of nitrogens with one attached hydrogen (secondary N) is 1. The van der Waals surface area contributed by atoms with Crippen LogP contribution in [0.4, 0.5) is 11.5 Å². The van der Waals surface area contributed by atoms with Crippen molar-refractivity contribution < 1.29 is 14.1 Å². The highest BCUT2D eigenvalue weighted by molar-refractivity contribution is 5.90. The van der Waals surface area contributed by atoms with Crippen molar-refractivity contribution in [2.24, 2.45) is 0 Å². The van der Waals surface area contributed by atoms with Crippen LogP contribution in [0.3, 0.4) is 0 Å². The fourth-order valence-electron chi connectivity index (χ4n) is 2.58. The van der Waals surface area contributed by atoms with Gasteiger partial charge in [0.05, 0.1) is 17.4 Å². The Bertz CT molecular complexity index is 1100. The van der Waals surface area contributed by atoms with E-state index in [1.54, 1.807) is 24.3 Å². The van der Waals surface area contributed by atoms with Crippen LogP contribution in [0.5, 0.6) is 0 Å². The summed E-state index contributed by atoms with van der Waals surface area (Å²) in [6.07, 6.45) is 1.38. The molecule has 0 saturated carbocycles. The molecule has 0 fully saturated rings. The molecule has 4 rings (SSSR count). The average Bonchev–Trinajstić information content (AvgIpc) is 3.29. The lowest BCUT2D eigenvalue weighted by molar-refractivity contribution is -0.389. The van der Waals surface area contributed by atoms with Gasteiger partial charge in [0.25, 0.3) is 0 Å². The maximum Gasteiger partial charge on any atom is 0.389 e. The van der Waals surface area contributed by atoms with Crippen LogP contribution in [0, 0.1) is 10.1 Å². The Morgan fingerprint density at radius 1 is 1.15 bits per heavy atom. The average molecular weight is 363 g/mol. The van der Waals surface area contributed by atoms with Gasteiger partial charge in [-0.05, 0) is 41.3 Å². The van der Waals surface area contributed by atoms with Gasteiger partial charge in [-0.25, -0.2) is 4.98 Å². The predicted molar refractivity (Wildman–Crippen MR) is 97.0 cm³/mol. The number of para-hydroxylation sites is 2. The van der Waals surface area contributed by atoms with Gasteiger partial charge in [-0.15, -0.1) is 0 Å². The van der Waals surface area contributed by atoms with E-state index in [1.807, 2.05) is 24.3 Å². The monoisotopic (exact) mass is 363 g/mol. The molecular formula is C18H13N5O4. The first-order chi connectivity index (χ1) is 13.1. The van der Waals surface area contributed by atoms with E-state index in [0.29, 0.717) is 17.2 Å². The summed E-state index contributed by atoms with van der Waals surface area (Å²) in [4.78, 5) is 26.5. The number of anilines is 1. The van der Waals surface area contributed by atoms with Gasteiger partial charge in [-0.1, -0.05) is 12.1 Å². The highest BCUT2D eigenvalue weighted by atomic mass is 16.6. The van der Waals surface area contributed by atoms with Gasteiger partial charge in [-0.3, -0.25) is 4.79 Å². The van der Waals surface area contributed by atoms with Gasteiger partial charge in [0.1, 0.15) is 12.1 Å². The second-order valence-electron chi connectivity index (χ2n) is 5.74. The molecule has 0 atom stereocenters. The minimum Gasteiger partial charge on any atom is -0.436 e. The van der Waals surface area contributed by atoms with Gasteiger partial charge >= 0.3 is 5.82 Å². The SMILES string of the molecule is O=C(Cn1ccc([N+](=O)[O-])n1)Nc1ccc(-c2nc3ccccc3o2)cc1. The molecule has 0 spiro atoms. The summed E-state index contributed by atoms with van der Waals surface area (Å²) in [5.41, 5.74) is 2.85. The number of fused-ring (bicyclic) bond motifs is 1. The molecule has 0 aliphatic heterocycles. The minimum atomic E-state index is -0.612. The van der Waals surface area contributed by atoms with Gasteiger partial charge < -0.3 is 19.8 Å². The molecule has 2 heterocycles. The molecule has 0 unspecified atom stereocenters. The van der Waals surface area contributed by atoms with E-state index in [9.17, 15) is 14.9 Å². The third kappa shape index (κ3) is 3.52. The lowest BCUT2D eigenvalue weighted by Crippen LogP contribution is -2.19. The quantitative estimate of drug-likeness (QED) is 0.430. The Labute approximate surface area is 152 Å². The highest BCUT2D eigenvalue weighted by Crippen LogP contribution is 2.25. The molecule has 1 N–H and O–H groups in total. The van der Waals surface area contributed by atoms with Crippen LogP contribution in [0.1, 0.15) is 0 Å². The number of benzene rings is 2. The lowest BCUT2D eigenvalue weighted by Gasteiger charge is -2.04. The van der Waals surface area contributed by atoms with Crippen molar-refractivity contribution in [3.8, 4) is 11.5 Å². The largest absolute Gasteiger partial charge is 0.436 e. The Morgan fingerprint density at radius 2 is 1.93 bits per heavy atom. The smallest absolute Gasteiger partial charge is 0.389 e. The zero-order chi connectivity index (χ0) is 18.8. The number of carbonyl (C=O) groups excluding carboxylic acids is 1. The summed E-state index contributed by atoms with van der Waals surface area (Å²) in [7, 11) is 0. The second-order valence-corrected chi connectivity index (χ2v) is 5.74. The number of hydrogen-bond acceptors (Lipinski definition) is 6. The molecule has 2 aromatic heterocycles. The molecule has 9 heteroatoms. The first kappa shape index (κ1) is 16.5. The molecule has 134 valence electrons. The normalized spacial score (nSPS) is 10.8. The zero-order valence-electron chi connectivity index (χ0n) is 13.9. The first-order valence-corrected chi connectivity index (χ1v) is 8.02. The number of hydrogen-bond donors (Lipinski definition) is 1. The molecule has 0 saturated heterocycles. The Morgan fingerprint density at radius 3 is 2.63 bits per heavy atom. The maximum atomic E-state index is 12.1. The number of rotatable bonds is 5. The topological polar surface area (TPSA) is 116 Å². The van der Waals surface area contributed by atoms with Crippen LogP contribution in [-0.2, 0) is 11.3 Å². The molecule has 0 aliphatic carbocycles. The summed E-state index contributed by atoms with van der Waals surface area (Å²) < 4.78 is 6.92. The van der Waals surface area contributed by atoms with Gasteiger partial charge in [0.15, 0.2) is 5.58 Å². The van der Waals surface area contributed by atoms with Crippen molar-refractivity contribution in [1.29, 1.82) is 0 Å². The molecule has 0 aliphatic rings. The molecule has 4 aromatic rings. The third-order valence-electron chi connectivity index (χ3n) is 3.83. The van der Waals surface area contributed by atoms with Crippen LogP contribution in [0.25, 0.3) is 22.6 Å². The molecule has 27 heavy (non-hydrogen) atoms. The van der Waals surface area contributed by atoms with Gasteiger partial charge in [-0.2, -0.15) is 4.68 Å². The van der Waals surface area contributed by atoms with Crippen molar-refractivity contribution in [3.63, 3.8) is 0 Å². The van der Waals surface area contributed by atoms with Crippen LogP contribution in [0.2, 0.25) is 0 Å². The van der Waals surface area contributed by atoms with Crippen LogP contribution in [0.15, 0.2) is 65.2 Å². The van der Waals surface area contributed by atoms with E-state index in [4.69, 9.17) is 4.42 Å². The molecule has 0 radical (unpaired) electrons. The highest BCUT2D eigenvalue weighted by Gasteiger charge is 2.14. The molecule has 0 bridgehead atoms. The molecular weight excluding hydrogens is 350 g/mol. The molecule has 9 nitrogen and oxygen atoms in total. The maximum absolute atomic E-state index is 12.1. The fourth-order valence-corrected chi connectivity index (χ4v) is 2.58. The van der Waals surface area contributed by atoms with Crippen LogP contribution < -0.4 is 5.32 Å². The number of amides is 1. The molecule has 2 aromatic carbocycles. The number of carbonyl (C=O) groups is 1. The van der Waals surface area contributed by atoms with E-state index < -0.39 is 4.92 Å². The second kappa shape index (κ2) is 6.71. The Kier molecular flexibility index (Phi) is 4.09. The summed E-state index contributed by atoms with van der Waals surface area (Å²) in [5.74, 6) is -0.147. The fraction of sp³-hybridized carbons (Fsp3) is 0.0556. The van der Waals surface area contributed by atoms with E-state index in [0.717, 1.165) is 11.1 Å². The van der Waals surface area contributed by atoms with Crippen LogP contribution in [-0.4, -0.2) is 25.6 Å². The summed E-state index contributed by atoms with van der Waals surface area (Å²) in [6.45, 7) is -0.124. The van der Waals surface area contributed by atoms with E-state index in [1.165, 1.54) is 16.9 Å². The Balaban J connectivity index is 1.43. The number of oxazole rings is 1. The van der Waals surface area contributed by atoms with E-state index in [-0.39, 0.29) is 18.3 Å². The van der Waals surface area contributed by atoms with Crippen molar-refractivity contribution in [2.75, 3.05) is 5.32 Å². The summed E-state index contributed by atoms with van der Waals surface area (Å²) in [5, 5.41) is 17.0. The van der Waals surface area contributed by atoms with Crippen LogP contribution >= 0.6 is 0 Å². The number of nitro groups is 1. The lowest BCUT2D eigenvalue weighted by atomic mass is 10.2. The van der Waals surface area contributed by atoms with Crippen molar-refractivity contribution in [2.45, 2.75) is 6.54 Å². The zero-order valence-corrected chi connectivity index (χ0v) is 13.9. The first-order valence-electron chi connectivity index (χ1n) is 8.02. The van der Waals surface area contributed by atoms with E-state index >= 15 is 0 Å². The predicted octanol–water partition coefficient (Wildman–Crippen LogP) is 3.24. The van der Waals surface area contributed by atoms with Crippen molar-refractivity contribution >= 4 is 28.5 Å². The minimum absolute atomic E-state index is 0.124. The van der Waals surface area contributed by atoms with Gasteiger partial charge in [0.2, 0.25) is 11.8 Å². The summed E-state index contributed by atoms with van der Waals surface area (Å²) in [6, 6.07) is 15.8. The number of aromatic nitrogens is 3. The number of nitrogens with zero attached hydrogens (tertiary/aromatic N) is 4. The third-order valence-corrected chi connectivity index (χ3v) is 3.83. The van der Waals surface area contributed by atoms with Gasteiger partial charge in [0, 0.05) is 11.3 Å².